The van der Waals surface area contributed by atoms with Gasteiger partial charge in [-0.05, 0) is 62.8 Å². The van der Waals surface area contributed by atoms with Crippen molar-refractivity contribution in [3.8, 4) is 0 Å². The Labute approximate surface area is 159 Å². The first-order chi connectivity index (χ1) is 11.9. The summed E-state index contributed by atoms with van der Waals surface area (Å²) in [7, 11) is 4.01. The maximum absolute atomic E-state index is 6.20. The van der Waals surface area contributed by atoms with Crippen LogP contribution in [0.25, 0.3) is 0 Å². The van der Waals surface area contributed by atoms with E-state index in [1.165, 1.54) is 11.1 Å². The van der Waals surface area contributed by atoms with Gasteiger partial charge in [0.1, 0.15) is 0 Å². The molecule has 0 spiro atoms. The van der Waals surface area contributed by atoms with Crippen molar-refractivity contribution in [3.05, 3.63) is 69.2 Å². The number of hydrogen-bond donors (Lipinski definition) is 0. The van der Waals surface area contributed by atoms with Crippen LogP contribution in [0, 0.1) is 0 Å². The SMILES string of the molecule is CN(C)CC=NN=C1c2ccc(Cl)cc2CC1(C)c1ccc(Cl)cc1. The molecule has 3 nitrogen and oxygen atoms in total. The van der Waals surface area contributed by atoms with Crippen LogP contribution in [0.1, 0.15) is 23.6 Å². The van der Waals surface area contributed by atoms with E-state index in [2.05, 4.69) is 29.3 Å². The second-order valence-electron chi connectivity index (χ2n) is 6.83. The number of benzene rings is 2. The smallest absolute Gasteiger partial charge is 0.0811 e. The number of hydrogen-bond acceptors (Lipinski definition) is 3. The van der Waals surface area contributed by atoms with Gasteiger partial charge in [0.2, 0.25) is 0 Å². The van der Waals surface area contributed by atoms with Gasteiger partial charge in [-0.15, -0.1) is 0 Å². The van der Waals surface area contributed by atoms with E-state index < -0.39 is 0 Å². The fourth-order valence-corrected chi connectivity index (χ4v) is 3.54. The van der Waals surface area contributed by atoms with E-state index in [-0.39, 0.29) is 5.41 Å². The van der Waals surface area contributed by atoms with Crippen molar-refractivity contribution in [2.24, 2.45) is 10.2 Å². The van der Waals surface area contributed by atoms with Crippen LogP contribution >= 0.6 is 23.2 Å². The second-order valence-corrected chi connectivity index (χ2v) is 7.70. The first-order valence-electron chi connectivity index (χ1n) is 8.20. The molecule has 0 fully saturated rings. The molecule has 2 aromatic rings. The lowest BCUT2D eigenvalue weighted by atomic mass is 9.78. The largest absolute Gasteiger partial charge is 0.304 e. The van der Waals surface area contributed by atoms with Crippen LogP contribution in [0.2, 0.25) is 10.0 Å². The maximum Gasteiger partial charge on any atom is 0.0811 e. The topological polar surface area (TPSA) is 28.0 Å². The Kier molecular flexibility index (Phi) is 5.28. The molecule has 0 radical (unpaired) electrons. The van der Waals surface area contributed by atoms with Crippen molar-refractivity contribution >= 4 is 35.1 Å². The summed E-state index contributed by atoms with van der Waals surface area (Å²) in [6.45, 7) is 2.95. The molecule has 1 unspecified atom stereocenters. The lowest BCUT2D eigenvalue weighted by molar-refractivity contribution is 0.473. The average molecular weight is 374 g/mol. The minimum atomic E-state index is -0.257. The molecule has 0 aromatic heterocycles. The molecule has 2 aromatic carbocycles. The van der Waals surface area contributed by atoms with Crippen molar-refractivity contribution in [2.45, 2.75) is 18.8 Å². The van der Waals surface area contributed by atoms with Crippen molar-refractivity contribution in [2.75, 3.05) is 20.6 Å². The van der Waals surface area contributed by atoms with Crippen molar-refractivity contribution in [1.29, 1.82) is 0 Å². The highest BCUT2D eigenvalue weighted by molar-refractivity contribution is 6.31. The van der Waals surface area contributed by atoms with Gasteiger partial charge in [-0.1, -0.05) is 41.4 Å². The molecule has 0 amide bonds. The lowest BCUT2D eigenvalue weighted by Crippen LogP contribution is -2.30. The molecule has 5 heteroatoms. The Balaban J connectivity index is 2.06. The van der Waals surface area contributed by atoms with Crippen LogP contribution in [-0.4, -0.2) is 37.5 Å². The van der Waals surface area contributed by atoms with E-state index in [0.29, 0.717) is 0 Å². The maximum atomic E-state index is 6.20. The first kappa shape index (κ1) is 18.1. The van der Waals surface area contributed by atoms with Gasteiger partial charge < -0.3 is 4.90 Å². The van der Waals surface area contributed by atoms with Crippen LogP contribution in [0.4, 0.5) is 0 Å². The van der Waals surface area contributed by atoms with E-state index in [1.807, 2.05) is 55.5 Å². The Morgan fingerprint density at radius 2 is 1.76 bits per heavy atom. The molecule has 3 rings (SSSR count). The van der Waals surface area contributed by atoms with E-state index in [9.17, 15) is 0 Å². The van der Waals surface area contributed by atoms with E-state index in [0.717, 1.165) is 34.3 Å². The number of rotatable bonds is 4. The third-order valence-corrected chi connectivity index (χ3v) is 5.04. The molecule has 0 saturated heterocycles. The lowest BCUT2D eigenvalue weighted by Gasteiger charge is -2.25. The van der Waals surface area contributed by atoms with Crippen LogP contribution in [-0.2, 0) is 11.8 Å². The molecule has 0 heterocycles. The zero-order valence-electron chi connectivity index (χ0n) is 14.6. The average Bonchev–Trinajstić information content (AvgIpc) is 2.84. The zero-order valence-corrected chi connectivity index (χ0v) is 16.1. The summed E-state index contributed by atoms with van der Waals surface area (Å²) in [5, 5.41) is 10.4. The van der Waals surface area contributed by atoms with E-state index >= 15 is 0 Å². The molecule has 25 heavy (non-hydrogen) atoms. The third kappa shape index (κ3) is 3.79. The fourth-order valence-electron chi connectivity index (χ4n) is 3.22. The summed E-state index contributed by atoms with van der Waals surface area (Å²) in [5.41, 5.74) is 4.20. The van der Waals surface area contributed by atoms with Gasteiger partial charge in [0.15, 0.2) is 0 Å². The number of fused-ring (bicyclic) bond motifs is 1. The highest BCUT2D eigenvalue weighted by Gasteiger charge is 2.41. The van der Waals surface area contributed by atoms with Gasteiger partial charge in [-0.2, -0.15) is 10.2 Å². The molecular weight excluding hydrogens is 353 g/mol. The predicted octanol–water partition coefficient (Wildman–Crippen LogP) is 4.84. The minimum absolute atomic E-state index is 0.257. The van der Waals surface area contributed by atoms with E-state index in [1.54, 1.807) is 0 Å². The molecule has 130 valence electrons. The molecule has 0 N–H and O–H groups in total. The van der Waals surface area contributed by atoms with E-state index in [4.69, 9.17) is 23.2 Å². The highest BCUT2D eigenvalue weighted by atomic mass is 35.5. The summed E-state index contributed by atoms with van der Waals surface area (Å²) in [6.07, 6.45) is 2.66. The Morgan fingerprint density at radius 3 is 2.44 bits per heavy atom. The predicted molar refractivity (Wildman–Crippen MR) is 108 cm³/mol. The number of nitrogens with zero attached hydrogens (tertiary/aromatic N) is 3. The molecule has 1 aliphatic rings. The van der Waals surface area contributed by atoms with Crippen molar-refractivity contribution < 1.29 is 0 Å². The minimum Gasteiger partial charge on any atom is -0.304 e. The molecule has 0 bridgehead atoms. The molecule has 1 atom stereocenters. The quantitative estimate of drug-likeness (QED) is 0.556. The molecule has 1 aliphatic carbocycles. The number of halogens is 2. The summed E-state index contributed by atoms with van der Waals surface area (Å²) in [5.74, 6) is 0. The summed E-state index contributed by atoms with van der Waals surface area (Å²) < 4.78 is 0. The summed E-state index contributed by atoms with van der Waals surface area (Å²) >= 11 is 12.3. The summed E-state index contributed by atoms with van der Waals surface area (Å²) in [4.78, 5) is 2.05. The van der Waals surface area contributed by atoms with Gasteiger partial charge in [-0.3, -0.25) is 0 Å². The van der Waals surface area contributed by atoms with Gasteiger partial charge >= 0.3 is 0 Å². The Bertz CT molecular complexity index is 825. The second kappa shape index (κ2) is 7.28. The monoisotopic (exact) mass is 373 g/mol. The third-order valence-electron chi connectivity index (χ3n) is 4.56. The first-order valence-corrected chi connectivity index (χ1v) is 8.95. The van der Waals surface area contributed by atoms with Gasteiger partial charge in [0.05, 0.1) is 5.71 Å². The Hall–Kier alpha value is -1.68. The van der Waals surface area contributed by atoms with Crippen LogP contribution < -0.4 is 0 Å². The van der Waals surface area contributed by atoms with Crippen LogP contribution in [0.15, 0.2) is 52.7 Å². The van der Waals surface area contributed by atoms with Crippen molar-refractivity contribution in [3.63, 3.8) is 0 Å². The normalized spacial score (nSPS) is 21.4. The van der Waals surface area contributed by atoms with Crippen LogP contribution in [0.5, 0.6) is 0 Å². The molecular formula is C20H21Cl2N3. The highest BCUT2D eigenvalue weighted by Crippen LogP contribution is 2.41. The molecule has 0 aliphatic heterocycles. The van der Waals surface area contributed by atoms with Crippen molar-refractivity contribution in [1.82, 2.24) is 4.90 Å². The van der Waals surface area contributed by atoms with Gasteiger partial charge in [0, 0.05) is 33.8 Å². The van der Waals surface area contributed by atoms with Crippen LogP contribution in [0.3, 0.4) is 0 Å². The summed E-state index contributed by atoms with van der Waals surface area (Å²) in [6, 6.07) is 13.9. The standard InChI is InChI=1S/C20H21Cl2N3/c1-20(15-4-6-16(21)7-5-15)13-14-12-17(22)8-9-18(14)19(20)24-23-10-11-25(2)3/h4-10,12H,11,13H2,1-3H3. The molecule has 0 saturated carbocycles. The van der Waals surface area contributed by atoms with Gasteiger partial charge in [0.25, 0.3) is 0 Å². The van der Waals surface area contributed by atoms with Gasteiger partial charge in [-0.25, -0.2) is 0 Å². The zero-order chi connectivity index (χ0) is 18.0. The fraction of sp³-hybridized carbons (Fsp3) is 0.300. The Morgan fingerprint density at radius 1 is 1.08 bits per heavy atom.